The number of alkyl halides is 9. The van der Waals surface area contributed by atoms with Gasteiger partial charge in [-0.25, -0.2) is 0 Å². The van der Waals surface area contributed by atoms with E-state index >= 15 is 0 Å². The lowest BCUT2D eigenvalue weighted by Gasteiger charge is -2.26. The molecule has 80 valence electrons. The molecular weight excluding hydrogens is 327 g/mol. The highest BCUT2D eigenvalue weighted by molar-refractivity contribution is 14.1. The molecule has 0 aliphatic carbocycles. The molecule has 0 fully saturated rings. The Balaban J connectivity index is 5.02. The van der Waals surface area contributed by atoms with Crippen LogP contribution in [0.25, 0.3) is 0 Å². The molecule has 0 heterocycles. The lowest BCUT2D eigenvalue weighted by Crippen LogP contribution is -2.45. The molecule has 0 aliphatic heterocycles. The van der Waals surface area contributed by atoms with Crippen LogP contribution in [-0.4, -0.2) is 16.3 Å². The van der Waals surface area contributed by atoms with Gasteiger partial charge in [0.15, 0.2) is 0 Å². The summed E-state index contributed by atoms with van der Waals surface area (Å²) in [5, 5.41) is 0. The predicted octanol–water partition coefficient (Wildman–Crippen LogP) is 3.75. The molecule has 13 heavy (non-hydrogen) atoms. The zero-order valence-corrected chi connectivity index (χ0v) is 7.64. The van der Waals surface area contributed by atoms with Crippen molar-refractivity contribution in [3.63, 3.8) is 0 Å². The molecule has 0 aromatic heterocycles. The van der Waals surface area contributed by atoms with E-state index in [1.54, 1.807) is 0 Å². The van der Waals surface area contributed by atoms with E-state index in [4.69, 9.17) is 0 Å². The van der Waals surface area contributed by atoms with Crippen LogP contribution >= 0.6 is 22.6 Å². The third-order valence-corrected chi connectivity index (χ3v) is 1.60. The van der Waals surface area contributed by atoms with E-state index in [-0.39, 0.29) is 22.6 Å². The highest BCUT2D eigenvalue weighted by Gasteiger charge is 2.67. The first-order chi connectivity index (χ1) is 5.37. The van der Waals surface area contributed by atoms with Gasteiger partial charge in [-0.1, -0.05) is 0 Å². The third-order valence-electron chi connectivity index (χ3n) is 0.982. The van der Waals surface area contributed by atoms with Gasteiger partial charge in [0.25, 0.3) is 0 Å². The summed E-state index contributed by atoms with van der Waals surface area (Å²) >= 11 is -0.184. The smallest absolute Gasteiger partial charge is 0.194 e. The van der Waals surface area contributed by atoms with Crippen molar-refractivity contribution in [3.05, 3.63) is 0 Å². The van der Waals surface area contributed by atoms with E-state index in [2.05, 4.69) is 0 Å². The van der Waals surface area contributed by atoms with Crippen molar-refractivity contribution in [2.75, 3.05) is 0 Å². The molecule has 0 bridgehead atoms. The van der Waals surface area contributed by atoms with Gasteiger partial charge in [-0.05, 0) is 22.6 Å². The minimum atomic E-state index is -6.00. The number of rotatable bonds is 1. The molecule has 9 heteroatoms. The Morgan fingerprint density at radius 2 is 0.923 bits per heavy atom. The Morgan fingerprint density at radius 1 is 0.692 bits per heavy atom. The van der Waals surface area contributed by atoms with Crippen molar-refractivity contribution < 1.29 is 35.1 Å². The number of halogens is 9. The molecule has 0 unspecified atom stereocenters. The standard InChI is InChI=1S/C4HF8I/c5-2(6,7)1(3(8,9)10)4(11,12)13/h1H. The Morgan fingerprint density at radius 3 is 0.923 bits per heavy atom. The quantitative estimate of drug-likeness (QED) is 0.391. The van der Waals surface area contributed by atoms with Crippen LogP contribution in [-0.2, 0) is 0 Å². The molecule has 0 saturated heterocycles. The fraction of sp³-hybridized carbons (Fsp3) is 1.00. The minimum absolute atomic E-state index is 0.184. The lowest BCUT2D eigenvalue weighted by molar-refractivity contribution is -0.315. The molecule has 0 N–H and O–H groups in total. The topological polar surface area (TPSA) is 0 Å². The van der Waals surface area contributed by atoms with E-state index in [9.17, 15) is 35.1 Å². The molecule has 0 nitrogen and oxygen atoms in total. The number of hydrogen-bond donors (Lipinski definition) is 0. The second kappa shape index (κ2) is 3.39. The first-order valence-electron chi connectivity index (χ1n) is 2.57. The normalized spacial score (nSPS) is 15.2. The van der Waals surface area contributed by atoms with Gasteiger partial charge in [0.2, 0.25) is 5.92 Å². The summed E-state index contributed by atoms with van der Waals surface area (Å²) in [6, 6.07) is 0. The Kier molecular flexibility index (Phi) is 3.43. The van der Waals surface area contributed by atoms with E-state index < -0.39 is 22.2 Å². The van der Waals surface area contributed by atoms with Gasteiger partial charge in [-0.3, -0.25) is 0 Å². The molecular formula is C4HF8I. The fourth-order valence-electron chi connectivity index (χ4n) is 0.557. The summed E-state index contributed by atoms with van der Waals surface area (Å²) in [5.41, 5.74) is 0. The third kappa shape index (κ3) is 3.81. The van der Waals surface area contributed by atoms with Gasteiger partial charge in [0, 0.05) is 0 Å². The molecule has 0 spiro atoms. The van der Waals surface area contributed by atoms with Gasteiger partial charge >= 0.3 is 16.3 Å². The maximum Gasteiger partial charge on any atom is 0.407 e. The van der Waals surface area contributed by atoms with Gasteiger partial charge in [-0.15, -0.1) is 0 Å². The second-order valence-electron chi connectivity index (χ2n) is 2.06. The van der Waals surface area contributed by atoms with Crippen molar-refractivity contribution in [2.45, 2.75) is 16.3 Å². The van der Waals surface area contributed by atoms with Crippen molar-refractivity contribution in [1.29, 1.82) is 0 Å². The molecule has 0 amide bonds. The second-order valence-corrected chi connectivity index (χ2v) is 3.50. The summed E-state index contributed by atoms with van der Waals surface area (Å²) < 4.78 is 88.0. The Labute approximate surface area is 80.4 Å². The number of hydrogen-bond acceptors (Lipinski definition) is 0. The monoisotopic (exact) mass is 328 g/mol. The van der Waals surface area contributed by atoms with E-state index in [1.165, 1.54) is 0 Å². The van der Waals surface area contributed by atoms with Crippen LogP contribution in [0, 0.1) is 5.92 Å². The molecule has 0 atom stereocenters. The molecule has 0 aromatic rings. The first kappa shape index (κ1) is 13.2. The Bertz CT molecular complexity index is 139. The van der Waals surface area contributed by atoms with Crippen LogP contribution in [0.4, 0.5) is 35.1 Å². The van der Waals surface area contributed by atoms with Gasteiger partial charge in [-0.2, -0.15) is 35.1 Å². The molecule has 0 rings (SSSR count). The predicted molar refractivity (Wildman–Crippen MR) is 34.6 cm³/mol. The maximum absolute atomic E-state index is 11.9. The van der Waals surface area contributed by atoms with E-state index in [0.29, 0.717) is 0 Å². The van der Waals surface area contributed by atoms with Crippen LogP contribution < -0.4 is 0 Å². The summed E-state index contributed by atoms with van der Waals surface area (Å²) in [6.45, 7) is 0. The van der Waals surface area contributed by atoms with Crippen LogP contribution in [0.1, 0.15) is 0 Å². The van der Waals surface area contributed by atoms with Crippen molar-refractivity contribution in [3.8, 4) is 0 Å². The van der Waals surface area contributed by atoms with E-state index in [0.717, 1.165) is 0 Å². The maximum atomic E-state index is 11.9. The first-order valence-corrected chi connectivity index (χ1v) is 3.65. The summed E-state index contributed by atoms with van der Waals surface area (Å²) in [4.78, 5) is 0. The van der Waals surface area contributed by atoms with Gasteiger partial charge in [0.05, 0.1) is 0 Å². The average Bonchev–Trinajstić information content (AvgIpc) is 1.44. The van der Waals surface area contributed by atoms with Crippen molar-refractivity contribution in [2.24, 2.45) is 5.92 Å². The van der Waals surface area contributed by atoms with Crippen LogP contribution in [0.5, 0.6) is 0 Å². The highest BCUT2D eigenvalue weighted by Crippen LogP contribution is 2.50. The van der Waals surface area contributed by atoms with Crippen LogP contribution in [0.2, 0.25) is 0 Å². The molecule has 0 aliphatic rings. The summed E-state index contributed by atoms with van der Waals surface area (Å²) in [5.74, 6) is -4.62. The average molecular weight is 328 g/mol. The van der Waals surface area contributed by atoms with Crippen LogP contribution in [0.15, 0.2) is 0 Å². The van der Waals surface area contributed by atoms with E-state index in [1.807, 2.05) is 0 Å². The van der Waals surface area contributed by atoms with Gasteiger partial charge < -0.3 is 0 Å². The minimum Gasteiger partial charge on any atom is -0.194 e. The Hall–Kier alpha value is 0.170. The summed E-state index contributed by atoms with van der Waals surface area (Å²) in [6.07, 6.45) is -12.0. The SMILES string of the molecule is FC(F)(F)C(C(F)(F)F)C(F)(F)I. The van der Waals surface area contributed by atoms with Crippen LogP contribution in [0.3, 0.4) is 0 Å². The molecule has 0 radical (unpaired) electrons. The van der Waals surface area contributed by atoms with Crippen molar-refractivity contribution in [1.82, 2.24) is 0 Å². The zero-order chi connectivity index (χ0) is 11.1. The zero-order valence-electron chi connectivity index (χ0n) is 5.48. The lowest BCUT2D eigenvalue weighted by atomic mass is 10.1. The molecule has 0 aromatic carbocycles. The fourth-order valence-corrected chi connectivity index (χ4v) is 1.26. The summed E-state index contributed by atoms with van der Waals surface area (Å²) in [7, 11) is 0. The largest absolute Gasteiger partial charge is 0.407 e. The van der Waals surface area contributed by atoms with Gasteiger partial charge in [0.1, 0.15) is 0 Å². The highest BCUT2D eigenvalue weighted by atomic mass is 127. The van der Waals surface area contributed by atoms with Crippen molar-refractivity contribution >= 4 is 22.6 Å². The molecule has 0 saturated carbocycles.